The lowest BCUT2D eigenvalue weighted by atomic mass is 9.91. The van der Waals surface area contributed by atoms with Crippen molar-refractivity contribution in [2.24, 2.45) is 0 Å². The van der Waals surface area contributed by atoms with Crippen molar-refractivity contribution < 1.29 is 8.83 Å². The molecule has 0 aliphatic heterocycles. The summed E-state index contributed by atoms with van der Waals surface area (Å²) < 4.78 is 13.4. The highest BCUT2D eigenvalue weighted by Gasteiger charge is 2.24. The van der Waals surface area contributed by atoms with Gasteiger partial charge < -0.3 is 8.83 Å². The van der Waals surface area contributed by atoms with E-state index in [1.165, 1.54) is 5.56 Å². The molecule has 0 spiro atoms. The van der Waals surface area contributed by atoms with Crippen LogP contribution in [0.5, 0.6) is 0 Å². The fourth-order valence-corrected chi connectivity index (χ4v) is 7.32. The highest BCUT2D eigenvalue weighted by atomic mass is 16.4. The Morgan fingerprint density at radius 3 is 1.94 bits per heavy atom. The Balaban J connectivity index is 1.30. The third kappa shape index (κ3) is 4.76. The van der Waals surface area contributed by atoms with Gasteiger partial charge in [0, 0.05) is 44.2 Å². The number of benzene rings is 6. The summed E-state index contributed by atoms with van der Waals surface area (Å²) in [5, 5.41) is 4.05. The summed E-state index contributed by atoms with van der Waals surface area (Å²) in [5.41, 5.74) is 11.3. The van der Waals surface area contributed by atoms with E-state index in [-0.39, 0.29) is 0 Å². The second-order valence-corrected chi connectivity index (χ2v) is 12.9. The van der Waals surface area contributed by atoms with Crippen LogP contribution >= 0.6 is 0 Å². The number of furan rings is 2. The maximum atomic E-state index is 6.78. The fourth-order valence-electron chi connectivity index (χ4n) is 7.32. The molecule has 0 N–H and O–H groups in total. The van der Waals surface area contributed by atoms with E-state index in [4.69, 9.17) is 18.8 Å². The van der Waals surface area contributed by atoms with Gasteiger partial charge in [0.25, 0.3) is 0 Å². The largest absolute Gasteiger partial charge is 0.452 e. The van der Waals surface area contributed by atoms with Crippen LogP contribution in [0.1, 0.15) is 17.9 Å². The van der Waals surface area contributed by atoms with E-state index in [0.29, 0.717) is 11.7 Å². The molecular formula is C46H30N2O2. The van der Waals surface area contributed by atoms with Gasteiger partial charge >= 0.3 is 0 Å². The average Bonchev–Trinajstić information content (AvgIpc) is 3.77. The molecule has 236 valence electrons. The van der Waals surface area contributed by atoms with Gasteiger partial charge in [-0.15, -0.1) is 0 Å². The first-order valence-corrected chi connectivity index (χ1v) is 17.0. The van der Waals surface area contributed by atoms with Crippen molar-refractivity contribution in [3.63, 3.8) is 0 Å². The lowest BCUT2D eigenvalue weighted by molar-refractivity contribution is 0.633. The smallest absolute Gasteiger partial charge is 0.179 e. The van der Waals surface area contributed by atoms with E-state index >= 15 is 0 Å². The maximum absolute atomic E-state index is 6.78. The van der Waals surface area contributed by atoms with Crippen molar-refractivity contribution in [1.29, 1.82) is 0 Å². The van der Waals surface area contributed by atoms with E-state index in [1.807, 2.05) is 42.5 Å². The predicted octanol–water partition coefficient (Wildman–Crippen LogP) is 12.5. The SMILES string of the molecule is C1=CCC(c2ccc3oc4c5oc6ccc(-c7ccccc7)cc6c5cc(-c5cc(-c6ccccc6)nc(-c6ccccc6)n5)c4c3c2)C=C1. The summed E-state index contributed by atoms with van der Waals surface area (Å²) in [5.74, 6) is 0.976. The molecule has 0 amide bonds. The van der Waals surface area contributed by atoms with Crippen LogP contribution in [0.3, 0.4) is 0 Å². The molecule has 3 aromatic heterocycles. The first kappa shape index (κ1) is 28.5. The zero-order chi connectivity index (χ0) is 33.0. The van der Waals surface area contributed by atoms with E-state index in [9.17, 15) is 0 Å². The maximum Gasteiger partial charge on any atom is 0.179 e. The van der Waals surface area contributed by atoms with Crippen LogP contribution in [0.2, 0.25) is 0 Å². The summed E-state index contributed by atoms with van der Waals surface area (Å²) in [6.07, 6.45) is 9.72. The second kappa shape index (κ2) is 11.6. The minimum Gasteiger partial charge on any atom is -0.452 e. The molecule has 6 aromatic carbocycles. The first-order valence-electron chi connectivity index (χ1n) is 17.0. The molecule has 3 heterocycles. The van der Waals surface area contributed by atoms with Gasteiger partial charge in [-0.25, -0.2) is 9.97 Å². The molecule has 1 aliphatic carbocycles. The lowest BCUT2D eigenvalue weighted by Crippen LogP contribution is -1.97. The molecule has 1 unspecified atom stereocenters. The van der Waals surface area contributed by atoms with E-state index < -0.39 is 0 Å². The van der Waals surface area contributed by atoms with Crippen LogP contribution in [0.15, 0.2) is 173 Å². The molecule has 1 atom stereocenters. The van der Waals surface area contributed by atoms with Crippen molar-refractivity contribution in [3.8, 4) is 45.0 Å². The minimum atomic E-state index is 0.303. The van der Waals surface area contributed by atoms with Gasteiger partial charge in [0.05, 0.1) is 11.4 Å². The standard InChI is InChI=1S/C46H30N2O2/c1-5-13-29(14-6-1)33-21-23-41-35(25-33)36-27-37(40-28-39(31-17-9-3-10-18-31)47-46(48-40)32-19-11-4-12-20-32)43-38-26-34(30-15-7-2-8-16-30)22-24-42(38)50-45(43)44(36)49-41/h1-15,17-28,30H,16H2. The monoisotopic (exact) mass is 642 g/mol. The van der Waals surface area contributed by atoms with Gasteiger partial charge in [-0.1, -0.05) is 127 Å². The van der Waals surface area contributed by atoms with E-state index in [2.05, 4.69) is 121 Å². The van der Waals surface area contributed by atoms with E-state index in [1.54, 1.807) is 0 Å². The van der Waals surface area contributed by atoms with Crippen molar-refractivity contribution in [2.45, 2.75) is 12.3 Å². The molecular weight excluding hydrogens is 613 g/mol. The van der Waals surface area contributed by atoms with Gasteiger partial charge in [0.15, 0.2) is 17.0 Å². The van der Waals surface area contributed by atoms with Gasteiger partial charge in [0.1, 0.15) is 11.2 Å². The summed E-state index contributed by atoms with van der Waals surface area (Å²) in [6, 6.07) is 48.3. The molecule has 0 bridgehead atoms. The van der Waals surface area contributed by atoms with Crippen LogP contribution < -0.4 is 0 Å². The van der Waals surface area contributed by atoms with Gasteiger partial charge in [-0.3, -0.25) is 0 Å². The number of rotatable bonds is 5. The van der Waals surface area contributed by atoms with Crippen molar-refractivity contribution in [1.82, 2.24) is 9.97 Å². The molecule has 0 radical (unpaired) electrons. The molecule has 9 aromatic rings. The van der Waals surface area contributed by atoms with Crippen LogP contribution in [0.4, 0.5) is 0 Å². The summed E-state index contributed by atoms with van der Waals surface area (Å²) >= 11 is 0. The zero-order valence-corrected chi connectivity index (χ0v) is 27.1. The topological polar surface area (TPSA) is 52.1 Å². The van der Waals surface area contributed by atoms with Gasteiger partial charge in [-0.2, -0.15) is 0 Å². The average molecular weight is 643 g/mol. The molecule has 0 saturated carbocycles. The Morgan fingerprint density at radius 1 is 0.500 bits per heavy atom. The number of nitrogens with zero attached hydrogens (tertiary/aromatic N) is 2. The fraction of sp³-hybridized carbons (Fsp3) is 0.0435. The number of fused-ring (bicyclic) bond motifs is 7. The predicted molar refractivity (Wildman–Crippen MR) is 204 cm³/mol. The van der Waals surface area contributed by atoms with Crippen molar-refractivity contribution in [3.05, 3.63) is 169 Å². The number of allylic oxidation sites excluding steroid dienone is 4. The Kier molecular flexibility index (Phi) is 6.59. The Hall–Kier alpha value is -6.52. The number of hydrogen-bond acceptors (Lipinski definition) is 4. The van der Waals surface area contributed by atoms with Crippen molar-refractivity contribution >= 4 is 43.9 Å². The minimum absolute atomic E-state index is 0.303. The quantitative estimate of drug-likeness (QED) is 0.187. The molecule has 10 rings (SSSR count). The molecule has 1 aliphatic rings. The first-order chi connectivity index (χ1) is 24.8. The molecule has 0 fully saturated rings. The summed E-state index contributed by atoms with van der Waals surface area (Å²) in [4.78, 5) is 10.4. The van der Waals surface area contributed by atoms with Crippen LogP contribution in [0, 0.1) is 0 Å². The summed E-state index contributed by atoms with van der Waals surface area (Å²) in [6.45, 7) is 0. The third-order valence-electron chi connectivity index (χ3n) is 9.82. The van der Waals surface area contributed by atoms with Crippen LogP contribution in [-0.4, -0.2) is 9.97 Å². The molecule has 0 saturated heterocycles. The normalized spacial score (nSPS) is 14.4. The highest BCUT2D eigenvalue weighted by molar-refractivity contribution is 6.24. The molecule has 50 heavy (non-hydrogen) atoms. The summed E-state index contributed by atoms with van der Waals surface area (Å²) in [7, 11) is 0. The van der Waals surface area contributed by atoms with Crippen molar-refractivity contribution in [2.75, 3.05) is 0 Å². The third-order valence-corrected chi connectivity index (χ3v) is 9.82. The number of aromatic nitrogens is 2. The Bertz CT molecular complexity index is 2720. The van der Waals surface area contributed by atoms with Gasteiger partial charge in [-0.05, 0) is 59.5 Å². The van der Waals surface area contributed by atoms with Crippen LogP contribution in [0.25, 0.3) is 88.9 Å². The lowest BCUT2D eigenvalue weighted by Gasteiger charge is -2.13. The highest BCUT2D eigenvalue weighted by Crippen LogP contribution is 2.46. The Morgan fingerprint density at radius 2 is 1.18 bits per heavy atom. The van der Waals surface area contributed by atoms with Crippen LogP contribution in [-0.2, 0) is 0 Å². The van der Waals surface area contributed by atoms with Gasteiger partial charge in [0.2, 0.25) is 0 Å². The number of hydrogen-bond donors (Lipinski definition) is 0. The zero-order valence-electron chi connectivity index (χ0n) is 27.1. The molecule has 4 heteroatoms. The molecule has 4 nitrogen and oxygen atoms in total. The Labute approximate surface area is 288 Å². The second-order valence-electron chi connectivity index (χ2n) is 12.9. The van der Waals surface area contributed by atoms with E-state index in [0.717, 1.165) is 89.5 Å².